The van der Waals surface area contributed by atoms with E-state index in [0.29, 0.717) is 23.5 Å². The second-order valence-corrected chi connectivity index (χ2v) is 7.89. The van der Waals surface area contributed by atoms with Crippen LogP contribution in [-0.2, 0) is 7.05 Å². The highest BCUT2D eigenvalue weighted by molar-refractivity contribution is 5.79. The number of likely N-dealkylation sites (tertiary alicyclic amines) is 1. The lowest BCUT2D eigenvalue weighted by Crippen LogP contribution is -2.58. The molecule has 1 fully saturated rings. The van der Waals surface area contributed by atoms with E-state index in [0.717, 1.165) is 12.3 Å². The lowest BCUT2D eigenvalue weighted by molar-refractivity contribution is 0.0256. The Kier molecular flexibility index (Phi) is 5.23. The number of rotatable bonds is 4. The molecule has 0 aliphatic carbocycles. The van der Waals surface area contributed by atoms with Gasteiger partial charge in [-0.25, -0.2) is 32.9 Å². The van der Waals surface area contributed by atoms with Gasteiger partial charge in [0.2, 0.25) is 0 Å². The zero-order valence-corrected chi connectivity index (χ0v) is 17.5. The molecule has 2 amide bonds. The van der Waals surface area contributed by atoms with Gasteiger partial charge in [-0.2, -0.15) is 5.10 Å². The van der Waals surface area contributed by atoms with Gasteiger partial charge in [0.15, 0.2) is 17.4 Å². The number of imidazole rings is 1. The van der Waals surface area contributed by atoms with Crippen molar-refractivity contribution in [2.75, 3.05) is 13.1 Å². The number of urea groups is 1. The second kappa shape index (κ2) is 8.23. The van der Waals surface area contributed by atoms with E-state index in [1.165, 1.54) is 34.3 Å². The number of halogens is 3. The average Bonchev–Trinajstić information content (AvgIpc) is 3.39. The minimum Gasteiger partial charge on any atom is -0.483 e. The van der Waals surface area contributed by atoms with Crippen molar-refractivity contribution in [3.8, 4) is 17.3 Å². The maximum absolute atomic E-state index is 14.3. The first kappa shape index (κ1) is 21.0. The van der Waals surface area contributed by atoms with Crippen molar-refractivity contribution >= 4 is 12.2 Å². The van der Waals surface area contributed by atoms with E-state index in [4.69, 9.17) is 4.74 Å². The Morgan fingerprint density at radius 3 is 2.55 bits per heavy atom. The fourth-order valence-corrected chi connectivity index (χ4v) is 3.88. The first-order chi connectivity index (χ1) is 15.9. The monoisotopic (exact) mass is 456 g/mol. The van der Waals surface area contributed by atoms with Crippen LogP contribution in [0.2, 0.25) is 0 Å². The van der Waals surface area contributed by atoms with E-state index in [1.54, 1.807) is 24.0 Å². The van der Waals surface area contributed by atoms with E-state index >= 15 is 0 Å². The summed E-state index contributed by atoms with van der Waals surface area (Å²) in [6.07, 6.45) is 5.90. The normalized spacial score (nSPS) is 18.0. The summed E-state index contributed by atoms with van der Waals surface area (Å²) in [6.45, 7) is 0.434. The Bertz CT molecular complexity index is 1220. The lowest BCUT2D eigenvalue weighted by Gasteiger charge is -2.41. The minimum atomic E-state index is -0.717. The molecule has 0 saturated carbocycles. The predicted molar refractivity (Wildman–Crippen MR) is 112 cm³/mol. The van der Waals surface area contributed by atoms with Crippen LogP contribution in [-0.4, -0.2) is 55.9 Å². The van der Waals surface area contributed by atoms with Crippen LogP contribution < -0.4 is 4.74 Å². The SMILES string of the molecule is Cn1ccnc1-c1cc(OC2CN(C(=O)N3N=CCC3c3cc(F)cc(F)c3)C2)c(F)cn1. The number of hydrogen-bond acceptors (Lipinski definition) is 5. The Labute approximate surface area is 186 Å². The zero-order valence-electron chi connectivity index (χ0n) is 17.5. The highest BCUT2D eigenvalue weighted by atomic mass is 19.1. The smallest absolute Gasteiger partial charge is 0.341 e. The highest BCUT2D eigenvalue weighted by Crippen LogP contribution is 2.32. The molecule has 0 N–H and O–H groups in total. The molecule has 1 atom stereocenters. The van der Waals surface area contributed by atoms with Gasteiger partial charge >= 0.3 is 6.03 Å². The summed E-state index contributed by atoms with van der Waals surface area (Å²) in [5, 5.41) is 5.29. The van der Waals surface area contributed by atoms with E-state index < -0.39 is 35.6 Å². The van der Waals surface area contributed by atoms with Crippen LogP contribution in [0, 0.1) is 17.5 Å². The Morgan fingerprint density at radius 1 is 1.09 bits per heavy atom. The van der Waals surface area contributed by atoms with Gasteiger partial charge in [0.05, 0.1) is 25.3 Å². The zero-order chi connectivity index (χ0) is 23.1. The molecule has 0 radical (unpaired) electrons. The van der Waals surface area contributed by atoms with Crippen molar-refractivity contribution in [3.63, 3.8) is 0 Å². The third-order valence-corrected chi connectivity index (χ3v) is 5.58. The number of amides is 2. The van der Waals surface area contributed by atoms with E-state index in [-0.39, 0.29) is 18.8 Å². The second-order valence-electron chi connectivity index (χ2n) is 7.89. The van der Waals surface area contributed by atoms with Crippen LogP contribution >= 0.6 is 0 Å². The van der Waals surface area contributed by atoms with Crippen LogP contribution in [0.1, 0.15) is 18.0 Å². The number of hydrazone groups is 1. The van der Waals surface area contributed by atoms with Gasteiger partial charge in [0.1, 0.15) is 23.4 Å². The fraction of sp³-hybridized carbons (Fsp3) is 0.273. The summed E-state index contributed by atoms with van der Waals surface area (Å²) < 4.78 is 49.0. The molecular formula is C22H19F3N6O2. The molecule has 170 valence electrons. The lowest BCUT2D eigenvalue weighted by atomic mass is 10.0. The molecule has 2 aliphatic rings. The predicted octanol–water partition coefficient (Wildman–Crippen LogP) is 3.52. The molecule has 0 bridgehead atoms. The van der Waals surface area contributed by atoms with Gasteiger partial charge in [0, 0.05) is 44.2 Å². The van der Waals surface area contributed by atoms with Gasteiger partial charge in [-0.05, 0) is 17.7 Å². The van der Waals surface area contributed by atoms with Crippen LogP contribution in [0.4, 0.5) is 18.0 Å². The minimum absolute atomic E-state index is 0.0207. The third kappa shape index (κ3) is 4.01. The number of aromatic nitrogens is 3. The fourth-order valence-electron chi connectivity index (χ4n) is 3.88. The number of hydrogen-bond donors (Lipinski definition) is 0. The number of pyridine rings is 1. The van der Waals surface area contributed by atoms with Crippen LogP contribution in [0.15, 0.2) is 48.0 Å². The Morgan fingerprint density at radius 2 is 1.85 bits per heavy atom. The van der Waals surface area contributed by atoms with Gasteiger partial charge < -0.3 is 14.2 Å². The molecule has 0 spiro atoms. The van der Waals surface area contributed by atoms with E-state index in [2.05, 4.69) is 15.1 Å². The standard InChI is InChI=1S/C22H19F3N6O2/c1-29-5-4-26-21(29)18-9-20(17(25)10-27-18)33-16-11-30(12-16)22(32)31-19(2-3-28-31)13-6-14(23)8-15(24)7-13/h3-10,16,19H,2,11-12H2,1H3. The maximum Gasteiger partial charge on any atom is 0.341 e. The number of ether oxygens (including phenoxy) is 1. The van der Waals surface area contributed by atoms with Gasteiger partial charge in [-0.3, -0.25) is 0 Å². The first-order valence-corrected chi connectivity index (χ1v) is 10.3. The van der Waals surface area contributed by atoms with Crippen molar-refractivity contribution in [1.29, 1.82) is 0 Å². The average molecular weight is 456 g/mol. The summed E-state index contributed by atoms with van der Waals surface area (Å²) in [5.74, 6) is -1.46. The van der Waals surface area contributed by atoms with E-state index in [9.17, 15) is 18.0 Å². The van der Waals surface area contributed by atoms with Crippen molar-refractivity contribution in [1.82, 2.24) is 24.4 Å². The number of aryl methyl sites for hydroxylation is 1. The molecule has 1 aromatic carbocycles. The molecule has 1 unspecified atom stereocenters. The molecule has 3 aromatic rings. The number of carbonyl (C=O) groups excluding carboxylic acids is 1. The molecule has 2 aromatic heterocycles. The summed E-state index contributed by atoms with van der Waals surface area (Å²) >= 11 is 0. The molecule has 5 rings (SSSR count). The molecule has 33 heavy (non-hydrogen) atoms. The topological polar surface area (TPSA) is 75.8 Å². The number of carbonyl (C=O) groups is 1. The summed E-state index contributed by atoms with van der Waals surface area (Å²) in [5.41, 5.74) is 0.787. The molecule has 1 saturated heterocycles. The third-order valence-electron chi connectivity index (χ3n) is 5.58. The summed E-state index contributed by atoms with van der Waals surface area (Å²) in [6, 6.07) is 3.62. The summed E-state index contributed by atoms with van der Waals surface area (Å²) in [7, 11) is 1.80. The van der Waals surface area contributed by atoms with E-state index in [1.807, 2.05) is 0 Å². The molecule has 11 heteroatoms. The molecule has 8 nitrogen and oxygen atoms in total. The van der Waals surface area contributed by atoms with Crippen LogP contribution in [0.5, 0.6) is 5.75 Å². The van der Waals surface area contributed by atoms with Gasteiger partial charge in [-0.15, -0.1) is 0 Å². The van der Waals surface area contributed by atoms with Gasteiger partial charge in [0.25, 0.3) is 0 Å². The van der Waals surface area contributed by atoms with Gasteiger partial charge in [-0.1, -0.05) is 0 Å². The Hall–Kier alpha value is -3.89. The van der Waals surface area contributed by atoms with Crippen molar-refractivity contribution in [2.45, 2.75) is 18.6 Å². The quantitative estimate of drug-likeness (QED) is 0.602. The number of benzene rings is 1. The number of nitrogens with zero attached hydrogens (tertiary/aromatic N) is 6. The Balaban J connectivity index is 1.24. The van der Waals surface area contributed by atoms with Crippen molar-refractivity contribution < 1.29 is 22.7 Å². The summed E-state index contributed by atoms with van der Waals surface area (Å²) in [4.78, 5) is 22.6. The largest absolute Gasteiger partial charge is 0.483 e. The molecule has 2 aliphatic heterocycles. The van der Waals surface area contributed by atoms with Crippen LogP contribution in [0.25, 0.3) is 11.5 Å². The first-order valence-electron chi connectivity index (χ1n) is 10.3. The van der Waals surface area contributed by atoms with Crippen molar-refractivity contribution in [2.24, 2.45) is 12.1 Å². The van der Waals surface area contributed by atoms with Crippen LogP contribution in [0.3, 0.4) is 0 Å². The van der Waals surface area contributed by atoms with Crippen molar-refractivity contribution in [3.05, 3.63) is 65.9 Å². The molecular weight excluding hydrogens is 437 g/mol. The highest BCUT2D eigenvalue weighted by Gasteiger charge is 2.39. The molecule has 4 heterocycles. The maximum atomic E-state index is 14.3.